The second kappa shape index (κ2) is 5.27. The standard InChI is InChI=1S/C11H13N5O2S/c1-5-8(10(18)13-6(2)12-5)4-9(17)14-11-16-15-7(3)19-11/h4H2,1-3H3,(H,12,13,18)(H,14,16,17). The molecule has 2 rings (SSSR count). The van der Waals surface area contributed by atoms with Gasteiger partial charge in [-0.25, -0.2) is 4.98 Å². The predicted octanol–water partition coefficient (Wildman–Crippen LogP) is 0.728. The van der Waals surface area contributed by atoms with Gasteiger partial charge in [0.25, 0.3) is 5.56 Å². The normalized spacial score (nSPS) is 10.5. The molecule has 0 fully saturated rings. The van der Waals surface area contributed by atoms with Crippen LogP contribution in [0.15, 0.2) is 4.79 Å². The Balaban J connectivity index is 2.13. The Morgan fingerprint density at radius 1 is 1.32 bits per heavy atom. The molecule has 0 radical (unpaired) electrons. The summed E-state index contributed by atoms with van der Waals surface area (Å²) in [7, 11) is 0. The third kappa shape index (κ3) is 3.22. The van der Waals surface area contributed by atoms with Gasteiger partial charge in [-0.1, -0.05) is 11.3 Å². The lowest BCUT2D eigenvalue weighted by atomic mass is 10.1. The first-order valence-corrected chi connectivity index (χ1v) is 6.43. The van der Waals surface area contributed by atoms with Crippen LogP contribution < -0.4 is 10.9 Å². The molecule has 7 nitrogen and oxygen atoms in total. The minimum atomic E-state index is -0.310. The number of aromatic nitrogens is 4. The summed E-state index contributed by atoms with van der Waals surface area (Å²) in [5, 5.41) is 11.4. The van der Waals surface area contributed by atoms with E-state index in [1.165, 1.54) is 11.3 Å². The summed E-state index contributed by atoms with van der Waals surface area (Å²) in [6.07, 6.45) is -0.0346. The number of anilines is 1. The van der Waals surface area contributed by atoms with Crippen molar-refractivity contribution in [3.05, 3.63) is 32.4 Å². The molecule has 0 aliphatic heterocycles. The summed E-state index contributed by atoms with van der Waals surface area (Å²) in [6, 6.07) is 0. The number of nitrogens with one attached hydrogen (secondary N) is 2. The van der Waals surface area contributed by atoms with Gasteiger partial charge in [-0.3, -0.25) is 9.59 Å². The van der Waals surface area contributed by atoms with Gasteiger partial charge >= 0.3 is 0 Å². The smallest absolute Gasteiger partial charge is 0.254 e. The molecule has 0 spiro atoms. The van der Waals surface area contributed by atoms with Gasteiger partial charge in [-0.15, -0.1) is 10.2 Å². The van der Waals surface area contributed by atoms with Crippen molar-refractivity contribution in [3.63, 3.8) is 0 Å². The molecular weight excluding hydrogens is 266 g/mol. The van der Waals surface area contributed by atoms with Gasteiger partial charge < -0.3 is 10.3 Å². The van der Waals surface area contributed by atoms with E-state index in [1.54, 1.807) is 20.8 Å². The number of carbonyl (C=O) groups excluding carboxylic acids is 1. The van der Waals surface area contributed by atoms with Crippen molar-refractivity contribution >= 4 is 22.4 Å². The molecule has 0 saturated carbocycles. The molecular formula is C11H13N5O2S. The molecule has 0 unspecified atom stereocenters. The zero-order chi connectivity index (χ0) is 14.0. The maximum Gasteiger partial charge on any atom is 0.254 e. The van der Waals surface area contributed by atoms with E-state index >= 15 is 0 Å². The molecule has 2 heterocycles. The highest BCUT2D eigenvalue weighted by Gasteiger charge is 2.13. The van der Waals surface area contributed by atoms with Gasteiger partial charge in [0.1, 0.15) is 10.8 Å². The van der Waals surface area contributed by atoms with E-state index in [1.807, 2.05) is 0 Å². The van der Waals surface area contributed by atoms with Gasteiger partial charge in [0.2, 0.25) is 11.0 Å². The first-order chi connectivity index (χ1) is 8.95. The number of hydrogen-bond donors (Lipinski definition) is 2. The minimum Gasteiger partial charge on any atom is -0.311 e. The molecule has 1 amide bonds. The number of H-pyrrole nitrogens is 1. The number of aryl methyl sites for hydroxylation is 3. The summed E-state index contributed by atoms with van der Waals surface area (Å²) in [5.74, 6) is 0.224. The molecule has 2 N–H and O–H groups in total. The second-order valence-corrected chi connectivity index (χ2v) is 5.25. The van der Waals surface area contributed by atoms with E-state index in [4.69, 9.17) is 0 Å². The van der Waals surface area contributed by atoms with E-state index < -0.39 is 0 Å². The first-order valence-electron chi connectivity index (χ1n) is 5.62. The number of rotatable bonds is 3. The molecule has 2 aromatic heterocycles. The van der Waals surface area contributed by atoms with Crippen LogP contribution in [-0.2, 0) is 11.2 Å². The molecule has 0 aromatic carbocycles. The molecule has 2 aromatic rings. The highest BCUT2D eigenvalue weighted by Crippen LogP contribution is 2.13. The Morgan fingerprint density at radius 2 is 2.05 bits per heavy atom. The minimum absolute atomic E-state index is 0.0346. The topological polar surface area (TPSA) is 101 Å². The van der Waals surface area contributed by atoms with Gasteiger partial charge in [-0.05, 0) is 20.8 Å². The molecule has 0 bridgehead atoms. The highest BCUT2D eigenvalue weighted by atomic mass is 32.1. The summed E-state index contributed by atoms with van der Waals surface area (Å²) in [5.41, 5.74) is 0.641. The summed E-state index contributed by atoms with van der Waals surface area (Å²) >= 11 is 1.28. The summed E-state index contributed by atoms with van der Waals surface area (Å²) in [6.45, 7) is 5.20. The summed E-state index contributed by atoms with van der Waals surface area (Å²) in [4.78, 5) is 30.3. The Morgan fingerprint density at radius 3 is 2.63 bits per heavy atom. The van der Waals surface area contributed by atoms with Gasteiger partial charge in [0, 0.05) is 11.3 Å². The fourth-order valence-electron chi connectivity index (χ4n) is 1.63. The average molecular weight is 279 g/mol. The van der Waals surface area contributed by atoms with Crippen molar-refractivity contribution in [2.45, 2.75) is 27.2 Å². The largest absolute Gasteiger partial charge is 0.311 e. The zero-order valence-electron chi connectivity index (χ0n) is 10.8. The summed E-state index contributed by atoms with van der Waals surface area (Å²) < 4.78 is 0. The Hall–Kier alpha value is -2.09. The van der Waals surface area contributed by atoms with Crippen LogP contribution in [-0.4, -0.2) is 26.1 Å². The van der Waals surface area contributed by atoms with Gasteiger partial charge in [0.05, 0.1) is 6.42 Å². The van der Waals surface area contributed by atoms with Crippen molar-refractivity contribution in [1.29, 1.82) is 0 Å². The molecule has 0 aliphatic rings. The molecule has 0 saturated heterocycles. The van der Waals surface area contributed by atoms with Crippen LogP contribution in [0.2, 0.25) is 0 Å². The predicted molar refractivity (Wildman–Crippen MR) is 71.3 cm³/mol. The third-order valence-electron chi connectivity index (χ3n) is 2.45. The van der Waals surface area contributed by atoms with Crippen molar-refractivity contribution in [2.24, 2.45) is 0 Å². The molecule has 0 atom stereocenters. The van der Waals surface area contributed by atoms with E-state index in [0.717, 1.165) is 5.01 Å². The zero-order valence-corrected chi connectivity index (χ0v) is 11.6. The molecule has 0 aliphatic carbocycles. The fraction of sp³-hybridized carbons (Fsp3) is 0.364. The fourth-order valence-corrected chi connectivity index (χ4v) is 2.24. The molecule has 100 valence electrons. The lowest BCUT2D eigenvalue weighted by molar-refractivity contribution is -0.115. The Kier molecular flexibility index (Phi) is 3.70. The van der Waals surface area contributed by atoms with Crippen molar-refractivity contribution in [3.8, 4) is 0 Å². The van der Waals surface area contributed by atoms with E-state index in [2.05, 4.69) is 25.5 Å². The van der Waals surface area contributed by atoms with Crippen LogP contribution in [0.5, 0.6) is 0 Å². The van der Waals surface area contributed by atoms with Crippen LogP contribution in [0.25, 0.3) is 0 Å². The van der Waals surface area contributed by atoms with Crippen LogP contribution in [0.4, 0.5) is 5.13 Å². The second-order valence-electron chi connectivity index (χ2n) is 4.07. The van der Waals surface area contributed by atoms with E-state index in [-0.39, 0.29) is 17.9 Å². The van der Waals surface area contributed by atoms with Crippen molar-refractivity contribution in [1.82, 2.24) is 20.2 Å². The SMILES string of the molecule is Cc1nc(C)c(CC(=O)Nc2nnc(C)s2)c(=O)[nH]1. The lowest BCUT2D eigenvalue weighted by Gasteiger charge is -2.04. The van der Waals surface area contributed by atoms with Crippen molar-refractivity contribution < 1.29 is 4.79 Å². The number of aromatic amines is 1. The molecule has 19 heavy (non-hydrogen) atoms. The van der Waals surface area contributed by atoms with Crippen LogP contribution >= 0.6 is 11.3 Å². The van der Waals surface area contributed by atoms with Crippen LogP contribution in [0, 0.1) is 20.8 Å². The number of nitrogens with zero attached hydrogens (tertiary/aromatic N) is 3. The number of carbonyl (C=O) groups is 1. The van der Waals surface area contributed by atoms with E-state index in [9.17, 15) is 9.59 Å². The highest BCUT2D eigenvalue weighted by molar-refractivity contribution is 7.15. The van der Waals surface area contributed by atoms with Gasteiger partial charge in [0.15, 0.2) is 0 Å². The van der Waals surface area contributed by atoms with E-state index in [0.29, 0.717) is 22.2 Å². The van der Waals surface area contributed by atoms with Crippen LogP contribution in [0.1, 0.15) is 22.1 Å². The van der Waals surface area contributed by atoms with Crippen LogP contribution in [0.3, 0.4) is 0 Å². The maximum absolute atomic E-state index is 11.8. The monoisotopic (exact) mass is 279 g/mol. The van der Waals surface area contributed by atoms with Crippen molar-refractivity contribution in [2.75, 3.05) is 5.32 Å². The maximum atomic E-state index is 11.8. The average Bonchev–Trinajstić information content (AvgIpc) is 2.69. The quantitative estimate of drug-likeness (QED) is 0.862. The number of hydrogen-bond acceptors (Lipinski definition) is 6. The Bertz CT molecular complexity index is 676. The lowest BCUT2D eigenvalue weighted by Crippen LogP contribution is -2.24. The third-order valence-corrected chi connectivity index (χ3v) is 3.20. The van der Waals surface area contributed by atoms with Gasteiger partial charge in [-0.2, -0.15) is 0 Å². The first kappa shape index (κ1) is 13.3. The Labute approximate surface area is 113 Å². The number of amides is 1. The molecule has 8 heteroatoms.